The first-order chi connectivity index (χ1) is 12.3. The highest BCUT2D eigenvalue weighted by Crippen LogP contribution is 2.40. The normalized spacial score (nSPS) is 10.6. The van der Waals surface area contributed by atoms with Crippen LogP contribution in [-0.2, 0) is 0 Å². The maximum Gasteiger partial charge on any atom is 0.124 e. The Bertz CT molecular complexity index is 907. The number of aromatic nitrogens is 2. The zero-order valence-corrected chi connectivity index (χ0v) is 14.5. The van der Waals surface area contributed by atoms with Crippen molar-refractivity contribution >= 4 is 11.3 Å². The molecule has 0 fully saturated rings. The third-order valence-corrected chi connectivity index (χ3v) is 5.11. The van der Waals surface area contributed by atoms with Crippen LogP contribution in [0.2, 0.25) is 0 Å². The molecule has 2 aromatic heterocycles. The van der Waals surface area contributed by atoms with E-state index in [0.29, 0.717) is 0 Å². The SMILES string of the molecule is COc1ccc(-c2nc(-c3ccncc3)c(-c3ccccc3)s2)cc1. The van der Waals surface area contributed by atoms with Gasteiger partial charge in [0.1, 0.15) is 10.8 Å². The van der Waals surface area contributed by atoms with Crippen molar-refractivity contribution in [3.05, 3.63) is 79.1 Å². The van der Waals surface area contributed by atoms with E-state index in [4.69, 9.17) is 9.72 Å². The Kier molecular flexibility index (Phi) is 4.27. The summed E-state index contributed by atoms with van der Waals surface area (Å²) < 4.78 is 5.25. The molecule has 0 saturated heterocycles. The van der Waals surface area contributed by atoms with Crippen LogP contribution in [-0.4, -0.2) is 17.1 Å². The fourth-order valence-corrected chi connectivity index (χ4v) is 3.77. The second kappa shape index (κ2) is 6.87. The van der Waals surface area contributed by atoms with E-state index in [2.05, 4.69) is 29.2 Å². The van der Waals surface area contributed by atoms with Crippen LogP contribution in [0.5, 0.6) is 5.75 Å². The molecule has 2 aromatic carbocycles. The summed E-state index contributed by atoms with van der Waals surface area (Å²) in [4.78, 5) is 10.2. The molecule has 0 aliphatic carbocycles. The number of rotatable bonds is 4. The van der Waals surface area contributed by atoms with E-state index in [0.717, 1.165) is 32.5 Å². The second-order valence-corrected chi connectivity index (χ2v) is 6.53. The van der Waals surface area contributed by atoms with Crippen molar-refractivity contribution in [1.82, 2.24) is 9.97 Å². The Hall–Kier alpha value is -2.98. The first kappa shape index (κ1) is 15.5. The van der Waals surface area contributed by atoms with Gasteiger partial charge in [0, 0.05) is 23.5 Å². The number of methoxy groups -OCH3 is 1. The topological polar surface area (TPSA) is 35.0 Å². The van der Waals surface area contributed by atoms with Crippen molar-refractivity contribution in [2.75, 3.05) is 7.11 Å². The summed E-state index contributed by atoms with van der Waals surface area (Å²) in [6.45, 7) is 0. The number of ether oxygens (including phenoxy) is 1. The van der Waals surface area contributed by atoms with Crippen LogP contribution in [0.3, 0.4) is 0 Å². The summed E-state index contributed by atoms with van der Waals surface area (Å²) in [6, 6.07) is 22.4. The first-order valence-corrected chi connectivity index (χ1v) is 8.78. The van der Waals surface area contributed by atoms with Crippen LogP contribution in [0.25, 0.3) is 32.3 Å². The molecular formula is C21H16N2OS. The highest BCUT2D eigenvalue weighted by molar-refractivity contribution is 7.19. The molecule has 0 bridgehead atoms. The number of thiazole rings is 1. The van der Waals surface area contributed by atoms with Gasteiger partial charge in [0.05, 0.1) is 17.7 Å². The monoisotopic (exact) mass is 344 g/mol. The van der Waals surface area contributed by atoms with E-state index in [1.54, 1.807) is 30.8 Å². The Labute approximate surface area is 150 Å². The average molecular weight is 344 g/mol. The predicted molar refractivity (Wildman–Crippen MR) is 103 cm³/mol. The molecule has 4 rings (SSSR count). The number of nitrogens with zero attached hydrogens (tertiary/aromatic N) is 2. The van der Waals surface area contributed by atoms with Crippen LogP contribution in [0.1, 0.15) is 0 Å². The van der Waals surface area contributed by atoms with Crippen LogP contribution >= 0.6 is 11.3 Å². The van der Waals surface area contributed by atoms with E-state index in [1.165, 1.54) is 5.56 Å². The molecule has 0 aliphatic rings. The lowest BCUT2D eigenvalue weighted by Crippen LogP contribution is -1.84. The minimum absolute atomic E-state index is 0.845. The van der Waals surface area contributed by atoms with Gasteiger partial charge in [-0.15, -0.1) is 11.3 Å². The van der Waals surface area contributed by atoms with Gasteiger partial charge in [-0.1, -0.05) is 30.3 Å². The summed E-state index contributed by atoms with van der Waals surface area (Å²) in [6.07, 6.45) is 3.60. The quantitative estimate of drug-likeness (QED) is 0.487. The third kappa shape index (κ3) is 3.16. The molecule has 0 saturated carbocycles. The molecule has 2 heterocycles. The average Bonchev–Trinajstić information content (AvgIpc) is 3.15. The fourth-order valence-electron chi connectivity index (χ4n) is 2.67. The van der Waals surface area contributed by atoms with E-state index in [9.17, 15) is 0 Å². The highest BCUT2D eigenvalue weighted by atomic mass is 32.1. The summed E-state index contributed by atoms with van der Waals surface area (Å²) in [5, 5.41) is 0.994. The van der Waals surface area contributed by atoms with Gasteiger partial charge in [0.2, 0.25) is 0 Å². The Morgan fingerprint density at radius 2 is 1.48 bits per heavy atom. The van der Waals surface area contributed by atoms with Crippen LogP contribution in [0.4, 0.5) is 0 Å². The van der Waals surface area contributed by atoms with Crippen molar-refractivity contribution in [1.29, 1.82) is 0 Å². The van der Waals surface area contributed by atoms with Gasteiger partial charge in [-0.05, 0) is 42.0 Å². The van der Waals surface area contributed by atoms with E-state index in [-0.39, 0.29) is 0 Å². The molecule has 0 amide bonds. The zero-order valence-electron chi connectivity index (χ0n) is 13.7. The van der Waals surface area contributed by atoms with Gasteiger partial charge in [0.15, 0.2) is 0 Å². The molecule has 0 N–H and O–H groups in total. The Balaban J connectivity index is 1.86. The molecule has 4 aromatic rings. The molecule has 0 aliphatic heterocycles. The van der Waals surface area contributed by atoms with E-state index < -0.39 is 0 Å². The maximum absolute atomic E-state index is 5.25. The molecule has 0 spiro atoms. The van der Waals surface area contributed by atoms with Crippen molar-refractivity contribution in [3.63, 3.8) is 0 Å². The number of hydrogen-bond acceptors (Lipinski definition) is 4. The van der Waals surface area contributed by atoms with Crippen molar-refractivity contribution in [2.45, 2.75) is 0 Å². The lowest BCUT2D eigenvalue weighted by molar-refractivity contribution is 0.415. The van der Waals surface area contributed by atoms with Gasteiger partial charge in [-0.2, -0.15) is 0 Å². The molecule has 122 valence electrons. The minimum atomic E-state index is 0.845. The van der Waals surface area contributed by atoms with Crippen molar-refractivity contribution in [2.24, 2.45) is 0 Å². The van der Waals surface area contributed by atoms with Gasteiger partial charge < -0.3 is 4.74 Å². The Morgan fingerprint density at radius 1 is 0.760 bits per heavy atom. The van der Waals surface area contributed by atoms with Gasteiger partial charge in [0.25, 0.3) is 0 Å². The lowest BCUT2D eigenvalue weighted by Gasteiger charge is -2.01. The van der Waals surface area contributed by atoms with Crippen molar-refractivity contribution in [3.8, 4) is 38.0 Å². The van der Waals surface area contributed by atoms with Gasteiger partial charge in [-0.3, -0.25) is 4.98 Å². The number of benzene rings is 2. The fraction of sp³-hybridized carbons (Fsp3) is 0.0476. The predicted octanol–water partition coefficient (Wildman–Crippen LogP) is 5.55. The highest BCUT2D eigenvalue weighted by Gasteiger charge is 2.15. The Morgan fingerprint density at radius 3 is 2.16 bits per heavy atom. The molecular weight excluding hydrogens is 328 g/mol. The molecule has 0 atom stereocenters. The lowest BCUT2D eigenvalue weighted by atomic mass is 10.1. The van der Waals surface area contributed by atoms with Crippen LogP contribution < -0.4 is 4.74 Å². The van der Waals surface area contributed by atoms with Gasteiger partial charge in [-0.25, -0.2) is 4.98 Å². The zero-order chi connectivity index (χ0) is 17.1. The molecule has 3 nitrogen and oxygen atoms in total. The smallest absolute Gasteiger partial charge is 0.124 e. The number of hydrogen-bond donors (Lipinski definition) is 0. The first-order valence-electron chi connectivity index (χ1n) is 7.96. The van der Waals surface area contributed by atoms with Crippen LogP contribution in [0, 0.1) is 0 Å². The summed E-state index contributed by atoms with van der Waals surface area (Å²) in [5.74, 6) is 0.845. The standard InChI is InChI=1S/C21H16N2OS/c1-24-18-9-7-17(8-10-18)21-23-19(15-11-13-22-14-12-15)20(25-21)16-5-3-2-4-6-16/h2-14H,1H3. The minimum Gasteiger partial charge on any atom is -0.497 e. The van der Waals surface area contributed by atoms with E-state index >= 15 is 0 Å². The maximum atomic E-state index is 5.25. The van der Waals surface area contributed by atoms with E-state index in [1.807, 2.05) is 42.5 Å². The molecule has 0 radical (unpaired) electrons. The molecule has 25 heavy (non-hydrogen) atoms. The van der Waals surface area contributed by atoms with Crippen molar-refractivity contribution < 1.29 is 4.74 Å². The number of pyridine rings is 1. The van der Waals surface area contributed by atoms with Gasteiger partial charge >= 0.3 is 0 Å². The summed E-state index contributed by atoms with van der Waals surface area (Å²) in [7, 11) is 1.67. The molecule has 4 heteroatoms. The van der Waals surface area contributed by atoms with Crippen LogP contribution in [0.15, 0.2) is 79.1 Å². The second-order valence-electron chi connectivity index (χ2n) is 5.53. The summed E-state index contributed by atoms with van der Waals surface area (Å²) >= 11 is 1.70. The summed E-state index contributed by atoms with van der Waals surface area (Å²) in [5.41, 5.74) is 4.32. The molecule has 0 unspecified atom stereocenters. The third-order valence-electron chi connectivity index (χ3n) is 3.95. The largest absolute Gasteiger partial charge is 0.497 e.